The molecule has 0 fully saturated rings. The number of amides is 1. The molecule has 0 aliphatic carbocycles. The van der Waals surface area contributed by atoms with Gasteiger partial charge in [0.15, 0.2) is 11.3 Å². The SMILES string of the molecule is CCCN1c2cn(CC)nc2C(=O)NC1Cl. The molecule has 1 N–H and O–H groups in total. The van der Waals surface area contributed by atoms with E-state index in [4.69, 9.17) is 11.6 Å². The molecule has 1 aliphatic heterocycles. The van der Waals surface area contributed by atoms with Crippen LogP contribution >= 0.6 is 11.6 Å². The van der Waals surface area contributed by atoms with Crippen LogP contribution in [0.2, 0.25) is 0 Å². The topological polar surface area (TPSA) is 50.2 Å². The fourth-order valence-corrected chi connectivity index (χ4v) is 2.10. The van der Waals surface area contributed by atoms with Gasteiger partial charge in [0, 0.05) is 19.3 Å². The lowest BCUT2D eigenvalue weighted by molar-refractivity contribution is 0.0935. The number of nitrogens with one attached hydrogen (secondary N) is 1. The van der Waals surface area contributed by atoms with Gasteiger partial charge in [0.1, 0.15) is 0 Å². The highest BCUT2D eigenvalue weighted by molar-refractivity contribution is 6.24. The maximum absolute atomic E-state index is 11.7. The monoisotopic (exact) mass is 242 g/mol. The first-order valence-electron chi connectivity index (χ1n) is 5.46. The van der Waals surface area contributed by atoms with Crippen LogP contribution in [0.15, 0.2) is 6.20 Å². The molecule has 0 spiro atoms. The van der Waals surface area contributed by atoms with Gasteiger partial charge in [-0.05, 0) is 13.3 Å². The molecule has 1 aromatic rings. The molecule has 1 atom stereocenters. The van der Waals surface area contributed by atoms with Gasteiger partial charge in [-0.15, -0.1) is 0 Å². The van der Waals surface area contributed by atoms with Crippen LogP contribution in [0.25, 0.3) is 0 Å². The number of hydrogen-bond donors (Lipinski definition) is 1. The van der Waals surface area contributed by atoms with E-state index in [0.717, 1.165) is 25.2 Å². The smallest absolute Gasteiger partial charge is 0.276 e. The highest BCUT2D eigenvalue weighted by atomic mass is 35.5. The van der Waals surface area contributed by atoms with Gasteiger partial charge in [0.2, 0.25) is 0 Å². The van der Waals surface area contributed by atoms with E-state index in [-0.39, 0.29) is 5.91 Å². The Labute approximate surface area is 99.4 Å². The largest absolute Gasteiger partial charge is 0.335 e. The maximum atomic E-state index is 11.7. The molecule has 88 valence electrons. The van der Waals surface area contributed by atoms with Crippen LogP contribution in [0.4, 0.5) is 5.69 Å². The summed E-state index contributed by atoms with van der Waals surface area (Å²) in [5.74, 6) is -0.199. The van der Waals surface area contributed by atoms with E-state index in [1.165, 1.54) is 0 Å². The summed E-state index contributed by atoms with van der Waals surface area (Å²) in [6.07, 6.45) is 2.84. The van der Waals surface area contributed by atoms with Crippen molar-refractivity contribution in [1.29, 1.82) is 0 Å². The molecular formula is C10H15ClN4O. The summed E-state index contributed by atoms with van der Waals surface area (Å²) < 4.78 is 1.75. The Bertz CT molecular complexity index is 404. The Morgan fingerprint density at radius 1 is 1.56 bits per heavy atom. The van der Waals surface area contributed by atoms with Crippen molar-refractivity contribution < 1.29 is 4.79 Å². The van der Waals surface area contributed by atoms with Gasteiger partial charge in [0.25, 0.3) is 5.91 Å². The minimum Gasteiger partial charge on any atom is -0.335 e. The summed E-state index contributed by atoms with van der Waals surface area (Å²) in [5.41, 5.74) is 0.814. The second-order valence-electron chi connectivity index (χ2n) is 3.72. The van der Waals surface area contributed by atoms with Crippen molar-refractivity contribution in [2.24, 2.45) is 0 Å². The maximum Gasteiger partial charge on any atom is 0.276 e. The van der Waals surface area contributed by atoms with Crippen LogP contribution in [0.5, 0.6) is 0 Å². The molecule has 1 unspecified atom stereocenters. The average molecular weight is 243 g/mol. The van der Waals surface area contributed by atoms with E-state index in [9.17, 15) is 4.79 Å². The number of anilines is 1. The predicted molar refractivity (Wildman–Crippen MR) is 62.6 cm³/mol. The molecule has 2 heterocycles. The zero-order chi connectivity index (χ0) is 11.7. The predicted octanol–water partition coefficient (Wildman–Crippen LogP) is 1.39. The molecule has 0 saturated carbocycles. The van der Waals surface area contributed by atoms with E-state index in [1.54, 1.807) is 4.68 Å². The van der Waals surface area contributed by atoms with Crippen molar-refractivity contribution in [3.8, 4) is 0 Å². The molecule has 16 heavy (non-hydrogen) atoms. The molecule has 1 aliphatic rings. The fraction of sp³-hybridized carbons (Fsp3) is 0.600. The first-order valence-corrected chi connectivity index (χ1v) is 5.90. The highest BCUT2D eigenvalue weighted by Crippen LogP contribution is 2.26. The van der Waals surface area contributed by atoms with Gasteiger partial charge >= 0.3 is 0 Å². The van der Waals surface area contributed by atoms with Crippen molar-refractivity contribution in [2.45, 2.75) is 32.4 Å². The summed E-state index contributed by atoms with van der Waals surface area (Å²) >= 11 is 6.09. The summed E-state index contributed by atoms with van der Waals surface area (Å²) in [4.78, 5) is 13.6. The van der Waals surface area contributed by atoms with E-state index >= 15 is 0 Å². The molecule has 6 heteroatoms. The van der Waals surface area contributed by atoms with Crippen molar-refractivity contribution in [2.75, 3.05) is 11.4 Å². The standard InChI is InChI=1S/C10H15ClN4O/c1-3-5-15-7-6-14(4-2)13-8(7)9(16)12-10(15)11/h6,10H,3-5H2,1-2H3,(H,12,16). The fourth-order valence-electron chi connectivity index (χ4n) is 1.80. The molecule has 0 radical (unpaired) electrons. The van der Waals surface area contributed by atoms with Crippen molar-refractivity contribution in [1.82, 2.24) is 15.1 Å². The Morgan fingerprint density at radius 3 is 2.94 bits per heavy atom. The Balaban J connectivity index is 2.40. The molecule has 0 aromatic carbocycles. The summed E-state index contributed by atoms with van der Waals surface area (Å²) in [5, 5.41) is 6.91. The van der Waals surface area contributed by atoms with E-state index in [1.807, 2.05) is 18.0 Å². The van der Waals surface area contributed by atoms with Gasteiger partial charge in [-0.2, -0.15) is 5.10 Å². The van der Waals surface area contributed by atoms with E-state index < -0.39 is 5.62 Å². The zero-order valence-corrected chi connectivity index (χ0v) is 10.2. The number of nitrogens with zero attached hydrogens (tertiary/aromatic N) is 3. The number of halogens is 1. The first kappa shape index (κ1) is 11.3. The molecule has 2 rings (SSSR count). The number of rotatable bonds is 3. The minimum atomic E-state index is -0.477. The van der Waals surface area contributed by atoms with Gasteiger partial charge in [-0.25, -0.2) is 0 Å². The number of fused-ring (bicyclic) bond motifs is 1. The van der Waals surface area contributed by atoms with Gasteiger partial charge < -0.3 is 10.2 Å². The third-order valence-electron chi connectivity index (χ3n) is 2.58. The molecule has 1 aromatic heterocycles. The van der Waals surface area contributed by atoms with Gasteiger partial charge in [0.05, 0.1) is 5.69 Å². The number of aryl methyl sites for hydroxylation is 1. The first-order chi connectivity index (χ1) is 7.67. The second-order valence-corrected chi connectivity index (χ2v) is 4.13. The average Bonchev–Trinajstić information content (AvgIpc) is 2.68. The lowest BCUT2D eigenvalue weighted by atomic mass is 10.2. The number of alkyl halides is 1. The lowest BCUT2D eigenvalue weighted by Crippen LogP contribution is -2.49. The minimum absolute atomic E-state index is 0.199. The summed E-state index contributed by atoms with van der Waals surface area (Å²) in [7, 11) is 0. The lowest BCUT2D eigenvalue weighted by Gasteiger charge is -2.32. The third-order valence-corrected chi connectivity index (χ3v) is 2.92. The molecular weight excluding hydrogens is 228 g/mol. The van der Waals surface area contributed by atoms with E-state index in [0.29, 0.717) is 5.69 Å². The van der Waals surface area contributed by atoms with Crippen LogP contribution in [-0.2, 0) is 6.54 Å². The van der Waals surface area contributed by atoms with E-state index in [2.05, 4.69) is 17.3 Å². The van der Waals surface area contributed by atoms with Crippen molar-refractivity contribution in [3.05, 3.63) is 11.9 Å². The molecule has 0 bridgehead atoms. The van der Waals surface area contributed by atoms with Gasteiger partial charge in [-0.1, -0.05) is 18.5 Å². The van der Waals surface area contributed by atoms with Crippen LogP contribution in [0.3, 0.4) is 0 Å². The summed E-state index contributed by atoms with van der Waals surface area (Å²) in [6.45, 7) is 5.60. The molecule has 5 nitrogen and oxygen atoms in total. The molecule has 0 saturated heterocycles. The Hall–Kier alpha value is -1.23. The van der Waals surface area contributed by atoms with Crippen molar-refractivity contribution in [3.63, 3.8) is 0 Å². The Morgan fingerprint density at radius 2 is 2.31 bits per heavy atom. The number of carbonyl (C=O) groups excluding carboxylic acids is 1. The van der Waals surface area contributed by atoms with Crippen LogP contribution in [0, 0.1) is 0 Å². The molecule has 1 amide bonds. The summed E-state index contributed by atoms with van der Waals surface area (Å²) in [6, 6.07) is 0. The number of aromatic nitrogens is 2. The Kier molecular flexibility index (Phi) is 3.05. The second kappa shape index (κ2) is 4.33. The van der Waals surface area contributed by atoms with Crippen molar-refractivity contribution >= 4 is 23.2 Å². The third kappa shape index (κ3) is 1.75. The number of hydrogen-bond acceptors (Lipinski definition) is 3. The van der Waals surface area contributed by atoms with Crippen LogP contribution < -0.4 is 10.2 Å². The van der Waals surface area contributed by atoms with Crippen LogP contribution in [0.1, 0.15) is 30.8 Å². The highest BCUT2D eigenvalue weighted by Gasteiger charge is 2.31. The number of carbonyl (C=O) groups is 1. The van der Waals surface area contributed by atoms with Gasteiger partial charge in [-0.3, -0.25) is 9.48 Å². The quantitative estimate of drug-likeness (QED) is 0.644. The normalized spacial score (nSPS) is 19.6. The zero-order valence-electron chi connectivity index (χ0n) is 9.40. The van der Waals surface area contributed by atoms with Crippen LogP contribution in [-0.4, -0.2) is 27.9 Å².